The number of carbonyl (C=O) groups excluding carboxylic acids is 1. The number of ether oxygens (including phenoxy) is 1. The quantitative estimate of drug-likeness (QED) is 0.414. The van der Waals surface area contributed by atoms with Gasteiger partial charge in [0.05, 0.1) is 10.9 Å². The molecule has 0 bridgehead atoms. The highest BCUT2D eigenvalue weighted by molar-refractivity contribution is 6.00. The van der Waals surface area contributed by atoms with Gasteiger partial charge >= 0.3 is 5.97 Å². The largest absolute Gasteiger partial charge is 0.456 e. The normalized spacial score (nSPS) is 10.7. The van der Waals surface area contributed by atoms with Crippen LogP contribution in [0.25, 0.3) is 33.9 Å². The molecule has 1 heterocycles. The first-order chi connectivity index (χ1) is 11.0. The van der Waals surface area contributed by atoms with Crippen molar-refractivity contribution < 1.29 is 13.9 Å². The van der Waals surface area contributed by atoms with Crippen molar-refractivity contribution in [1.82, 2.24) is 0 Å². The summed E-state index contributed by atoms with van der Waals surface area (Å²) in [4.78, 5) is 23.8. The van der Waals surface area contributed by atoms with Gasteiger partial charge in [0.25, 0.3) is 0 Å². The minimum absolute atomic E-state index is 0.170. The Balaban J connectivity index is 2.42. The molecule has 0 atom stereocenters. The molecule has 0 aliphatic rings. The third kappa shape index (κ3) is 2.44. The van der Waals surface area contributed by atoms with Crippen LogP contribution >= 0.6 is 0 Å². The van der Waals surface area contributed by atoms with Gasteiger partial charge in [-0.1, -0.05) is 31.4 Å². The second-order valence-electron chi connectivity index (χ2n) is 5.04. The second-order valence-corrected chi connectivity index (χ2v) is 5.04. The van der Waals surface area contributed by atoms with Crippen LogP contribution in [0.2, 0.25) is 0 Å². The molecule has 4 heteroatoms. The fourth-order valence-corrected chi connectivity index (χ4v) is 2.56. The van der Waals surface area contributed by atoms with Gasteiger partial charge in [0.1, 0.15) is 17.1 Å². The highest BCUT2D eigenvalue weighted by Crippen LogP contribution is 2.30. The number of hydrogen-bond donors (Lipinski definition) is 0. The molecule has 0 radical (unpaired) electrons. The Labute approximate surface area is 132 Å². The van der Waals surface area contributed by atoms with Crippen LogP contribution in [-0.4, -0.2) is 5.97 Å². The van der Waals surface area contributed by atoms with E-state index in [4.69, 9.17) is 9.15 Å². The van der Waals surface area contributed by atoms with Crippen LogP contribution in [-0.2, 0) is 4.79 Å². The molecule has 0 aliphatic heterocycles. The van der Waals surface area contributed by atoms with Crippen molar-refractivity contribution in [3.8, 4) is 5.75 Å². The summed E-state index contributed by atoms with van der Waals surface area (Å²) in [5.41, 5.74) is 0.613. The van der Waals surface area contributed by atoms with E-state index in [0.29, 0.717) is 33.4 Å². The highest BCUT2D eigenvalue weighted by Gasteiger charge is 2.13. The zero-order valence-electron chi connectivity index (χ0n) is 12.6. The lowest BCUT2D eigenvalue weighted by Crippen LogP contribution is -2.07. The van der Waals surface area contributed by atoms with Crippen molar-refractivity contribution in [3.63, 3.8) is 0 Å². The van der Waals surface area contributed by atoms with Gasteiger partial charge in [0.15, 0.2) is 0 Å². The van der Waals surface area contributed by atoms with Crippen LogP contribution in [0, 0.1) is 0 Å². The van der Waals surface area contributed by atoms with E-state index < -0.39 is 5.97 Å². The highest BCUT2D eigenvalue weighted by atomic mass is 16.5. The Kier molecular flexibility index (Phi) is 3.58. The van der Waals surface area contributed by atoms with Gasteiger partial charge in [0.2, 0.25) is 5.43 Å². The summed E-state index contributed by atoms with van der Waals surface area (Å²) in [6.07, 6.45) is 2.93. The van der Waals surface area contributed by atoms with E-state index in [2.05, 4.69) is 13.2 Å². The molecule has 0 unspecified atom stereocenters. The third-order valence-corrected chi connectivity index (χ3v) is 3.56. The predicted octanol–water partition coefficient (Wildman–Crippen LogP) is 4.16. The number of hydrogen-bond acceptors (Lipinski definition) is 4. The maximum Gasteiger partial charge on any atom is 0.308 e. The summed E-state index contributed by atoms with van der Waals surface area (Å²) < 4.78 is 11.0. The lowest BCUT2D eigenvalue weighted by Gasteiger charge is -2.08. The Bertz CT molecular complexity index is 1020. The summed E-state index contributed by atoms with van der Waals surface area (Å²) in [6, 6.07) is 8.73. The molecule has 0 fully saturated rings. The van der Waals surface area contributed by atoms with E-state index in [1.807, 2.05) is 6.07 Å². The fraction of sp³-hybridized carbons (Fsp3) is 0.0526. The van der Waals surface area contributed by atoms with Gasteiger partial charge in [-0.25, -0.2) is 0 Å². The van der Waals surface area contributed by atoms with Gasteiger partial charge in [-0.2, -0.15) is 0 Å². The number of esters is 1. The molecule has 114 valence electrons. The third-order valence-electron chi connectivity index (χ3n) is 3.56. The summed E-state index contributed by atoms with van der Waals surface area (Å²) in [5, 5.41) is 1.92. The lowest BCUT2D eigenvalue weighted by molar-refractivity contribution is -0.131. The maximum atomic E-state index is 12.6. The molecule has 2 aromatic carbocycles. The van der Waals surface area contributed by atoms with E-state index >= 15 is 0 Å². The molecule has 0 spiro atoms. The number of rotatable bonds is 3. The number of fused-ring (bicyclic) bond motifs is 2. The Morgan fingerprint density at radius 1 is 1.17 bits per heavy atom. The van der Waals surface area contributed by atoms with E-state index in [1.54, 1.807) is 24.3 Å². The average Bonchev–Trinajstić information content (AvgIpc) is 2.53. The minimum Gasteiger partial charge on any atom is -0.456 e. The molecule has 0 saturated carbocycles. The Morgan fingerprint density at radius 3 is 2.61 bits per heavy atom. The molecule has 23 heavy (non-hydrogen) atoms. The molecule has 0 N–H and O–H groups in total. The number of benzene rings is 2. The average molecular weight is 306 g/mol. The van der Waals surface area contributed by atoms with Gasteiger partial charge in [-0.15, -0.1) is 0 Å². The van der Waals surface area contributed by atoms with Crippen LogP contribution in [0.3, 0.4) is 0 Å². The predicted molar refractivity (Wildman–Crippen MR) is 91.5 cm³/mol. The fourth-order valence-electron chi connectivity index (χ4n) is 2.56. The van der Waals surface area contributed by atoms with Crippen LogP contribution in [0.15, 0.2) is 52.7 Å². The van der Waals surface area contributed by atoms with Crippen molar-refractivity contribution in [2.45, 2.75) is 6.92 Å². The SMILES string of the molecule is C=Cc1oc2cc3c(OC(C)=O)cccc3cc2c(=O)c1C=C. The zero-order valence-corrected chi connectivity index (χ0v) is 12.6. The van der Waals surface area contributed by atoms with Gasteiger partial charge < -0.3 is 9.15 Å². The van der Waals surface area contributed by atoms with Crippen molar-refractivity contribution in [3.05, 3.63) is 65.0 Å². The summed E-state index contributed by atoms with van der Waals surface area (Å²) in [7, 11) is 0. The second kappa shape index (κ2) is 5.57. The molecular weight excluding hydrogens is 292 g/mol. The molecule has 3 aromatic rings. The summed E-state index contributed by atoms with van der Waals surface area (Å²) in [5.74, 6) is 0.377. The molecule has 0 aliphatic carbocycles. The van der Waals surface area contributed by atoms with Gasteiger partial charge in [-0.05, 0) is 29.7 Å². The topological polar surface area (TPSA) is 56.5 Å². The summed E-state index contributed by atoms with van der Waals surface area (Å²) in [6.45, 7) is 8.65. The zero-order chi connectivity index (χ0) is 16.6. The minimum atomic E-state index is -0.409. The van der Waals surface area contributed by atoms with Gasteiger partial charge in [0, 0.05) is 12.3 Å². The molecule has 4 nitrogen and oxygen atoms in total. The lowest BCUT2D eigenvalue weighted by atomic mass is 10.0. The maximum absolute atomic E-state index is 12.6. The van der Waals surface area contributed by atoms with E-state index in [9.17, 15) is 9.59 Å². The van der Waals surface area contributed by atoms with Crippen molar-refractivity contribution in [2.24, 2.45) is 0 Å². The van der Waals surface area contributed by atoms with Crippen molar-refractivity contribution in [1.29, 1.82) is 0 Å². The Morgan fingerprint density at radius 2 is 1.96 bits per heavy atom. The molecule has 0 saturated heterocycles. The molecule has 1 aromatic heterocycles. The van der Waals surface area contributed by atoms with Crippen LogP contribution < -0.4 is 10.2 Å². The molecule has 0 amide bonds. The van der Waals surface area contributed by atoms with Crippen LogP contribution in [0.1, 0.15) is 18.2 Å². The molecule has 3 rings (SSSR count). The monoisotopic (exact) mass is 306 g/mol. The smallest absolute Gasteiger partial charge is 0.308 e. The summed E-state index contributed by atoms with van der Waals surface area (Å²) >= 11 is 0. The number of carbonyl (C=O) groups is 1. The first kappa shape index (κ1) is 14.8. The van der Waals surface area contributed by atoms with Gasteiger partial charge in [-0.3, -0.25) is 9.59 Å². The first-order valence-electron chi connectivity index (χ1n) is 7.02. The van der Waals surface area contributed by atoms with Crippen molar-refractivity contribution >= 4 is 39.9 Å². The van der Waals surface area contributed by atoms with Crippen LogP contribution in [0.4, 0.5) is 0 Å². The Hall–Kier alpha value is -3.14. The standard InChI is InChI=1S/C19H14O4/c1-4-13-16(5-2)23-18-10-14-12(9-15(18)19(13)21)7-6-8-17(14)22-11(3)20/h4-10H,1-2H2,3H3. The van der Waals surface area contributed by atoms with E-state index in [1.165, 1.54) is 19.1 Å². The first-order valence-corrected chi connectivity index (χ1v) is 7.02. The van der Waals surface area contributed by atoms with E-state index in [0.717, 1.165) is 5.39 Å². The molecular formula is C19H14O4. The van der Waals surface area contributed by atoms with E-state index in [-0.39, 0.29) is 5.43 Å². The van der Waals surface area contributed by atoms with Crippen LogP contribution in [0.5, 0.6) is 5.75 Å². The van der Waals surface area contributed by atoms with Crippen molar-refractivity contribution in [2.75, 3.05) is 0 Å².